The zero-order valence-electron chi connectivity index (χ0n) is 16.6. The fourth-order valence-corrected chi connectivity index (χ4v) is 4.93. The van der Waals surface area contributed by atoms with Crippen LogP contribution in [0.25, 0.3) is 11.1 Å². The van der Waals surface area contributed by atoms with Gasteiger partial charge in [0.1, 0.15) is 12.1 Å². The summed E-state index contributed by atoms with van der Waals surface area (Å²) in [4.78, 5) is 16.4. The van der Waals surface area contributed by atoms with Gasteiger partial charge in [-0.1, -0.05) is 24.3 Å². The minimum atomic E-state index is -1.93. The second-order valence-corrected chi connectivity index (χ2v) is 8.83. The normalized spacial score (nSPS) is 13.4. The summed E-state index contributed by atoms with van der Waals surface area (Å²) in [5, 5.41) is 0.291. The van der Waals surface area contributed by atoms with Crippen LogP contribution < -0.4 is 16.2 Å². The van der Waals surface area contributed by atoms with Crippen molar-refractivity contribution in [2.75, 3.05) is 11.3 Å². The number of benzene rings is 2. The molecule has 0 aliphatic rings. The maximum Gasteiger partial charge on any atom is 0.420 e. The first-order chi connectivity index (χ1) is 15.0. The quantitative estimate of drug-likeness (QED) is 0.416. The number of halogens is 1. The molecule has 8 nitrogen and oxygen atoms in total. The molecule has 0 amide bonds. The molecule has 0 radical (unpaired) electrons. The van der Waals surface area contributed by atoms with E-state index in [1.54, 1.807) is 0 Å². The molecule has 4 aromatic rings. The van der Waals surface area contributed by atoms with E-state index in [2.05, 4.69) is 14.1 Å². The summed E-state index contributed by atoms with van der Waals surface area (Å²) in [6.45, 7) is 2.42. The van der Waals surface area contributed by atoms with Gasteiger partial charge in [0.05, 0.1) is 16.5 Å². The lowest BCUT2D eigenvalue weighted by Crippen LogP contribution is -2.20. The van der Waals surface area contributed by atoms with Gasteiger partial charge in [0.25, 0.3) is 0 Å². The van der Waals surface area contributed by atoms with Crippen LogP contribution >= 0.6 is 11.5 Å². The summed E-state index contributed by atoms with van der Waals surface area (Å²) in [6, 6.07) is 9.83. The first-order valence-corrected chi connectivity index (χ1v) is 11.5. The van der Waals surface area contributed by atoms with Crippen LogP contribution in [0.1, 0.15) is 30.5 Å². The SMILES string of the molecule is C[C@@H](c1ccccc1CCCN)n1c(=O)oc2cc(S(=O)Nc3ncns3)c(F)cc21. The minimum Gasteiger partial charge on any atom is -0.408 e. The average molecular weight is 462 g/mol. The van der Waals surface area contributed by atoms with E-state index in [1.807, 2.05) is 31.2 Å². The zero-order chi connectivity index (χ0) is 22.0. The second-order valence-electron chi connectivity index (χ2n) is 6.87. The minimum absolute atomic E-state index is 0.139. The van der Waals surface area contributed by atoms with Gasteiger partial charge in [-0.15, -0.1) is 0 Å². The fourth-order valence-electron chi connectivity index (χ4n) is 3.50. The molecule has 1 unspecified atom stereocenters. The molecule has 0 spiro atoms. The van der Waals surface area contributed by atoms with Crippen LogP contribution in [0.2, 0.25) is 0 Å². The number of hydrogen-bond acceptors (Lipinski definition) is 7. The molecule has 3 N–H and O–H groups in total. The molecule has 11 heteroatoms. The third-order valence-corrected chi connectivity index (χ3v) is 6.75. The summed E-state index contributed by atoms with van der Waals surface area (Å²) in [6.07, 6.45) is 2.89. The monoisotopic (exact) mass is 461 g/mol. The molecule has 162 valence electrons. The van der Waals surface area contributed by atoms with Crippen LogP contribution in [0.4, 0.5) is 9.52 Å². The van der Waals surface area contributed by atoms with E-state index in [9.17, 15) is 13.4 Å². The maximum absolute atomic E-state index is 14.9. The molecule has 0 aliphatic heterocycles. The van der Waals surface area contributed by atoms with Gasteiger partial charge in [0, 0.05) is 23.7 Å². The van der Waals surface area contributed by atoms with Gasteiger partial charge >= 0.3 is 5.76 Å². The molecule has 2 aromatic carbocycles. The van der Waals surface area contributed by atoms with E-state index >= 15 is 0 Å². The van der Waals surface area contributed by atoms with Gasteiger partial charge in [0.15, 0.2) is 16.6 Å². The number of nitrogens with zero attached hydrogens (tertiary/aromatic N) is 3. The Balaban J connectivity index is 1.73. The molecule has 2 heterocycles. The van der Waals surface area contributed by atoms with E-state index in [0.29, 0.717) is 17.2 Å². The Kier molecular flexibility index (Phi) is 6.25. The summed E-state index contributed by atoms with van der Waals surface area (Å²) in [7, 11) is -1.93. The van der Waals surface area contributed by atoms with Gasteiger partial charge < -0.3 is 10.2 Å². The Morgan fingerprint density at radius 2 is 2.16 bits per heavy atom. The summed E-state index contributed by atoms with van der Waals surface area (Å²) in [5.41, 5.74) is 8.10. The van der Waals surface area contributed by atoms with Crippen molar-refractivity contribution in [3.63, 3.8) is 0 Å². The topological polar surface area (TPSA) is 116 Å². The average Bonchev–Trinajstić information content (AvgIpc) is 3.38. The number of oxazole rings is 1. The van der Waals surface area contributed by atoms with Crippen LogP contribution in [0.15, 0.2) is 56.8 Å². The molecule has 2 atom stereocenters. The Labute approximate surface area is 183 Å². The fraction of sp³-hybridized carbons (Fsp3) is 0.250. The van der Waals surface area contributed by atoms with E-state index < -0.39 is 28.6 Å². The lowest BCUT2D eigenvalue weighted by atomic mass is 9.97. The van der Waals surface area contributed by atoms with Crippen LogP contribution in [0.3, 0.4) is 0 Å². The number of aromatic nitrogens is 3. The van der Waals surface area contributed by atoms with Crippen molar-refractivity contribution in [3.8, 4) is 0 Å². The number of nitrogens with one attached hydrogen (secondary N) is 1. The maximum atomic E-state index is 14.9. The molecule has 0 saturated heterocycles. The van der Waals surface area contributed by atoms with Gasteiger partial charge in [-0.3, -0.25) is 9.29 Å². The summed E-state index contributed by atoms with van der Waals surface area (Å²) < 4.78 is 40.6. The van der Waals surface area contributed by atoms with Crippen LogP contribution in [0, 0.1) is 5.82 Å². The predicted octanol–water partition coefficient (Wildman–Crippen LogP) is 3.22. The third-order valence-electron chi connectivity index (χ3n) is 4.95. The molecule has 0 aliphatic carbocycles. The van der Waals surface area contributed by atoms with Crippen molar-refractivity contribution >= 4 is 38.7 Å². The standard InChI is InChI=1S/C20H20FN5O3S2/c1-12(14-7-3-2-5-13(14)6-4-8-22)26-16-9-15(21)18(10-17(16)29-20(26)27)31(28)25-19-23-11-24-30-19/h2-3,5,7,9-12H,4,6,8,22H2,1H3,(H,23,24,25)/t12-,31?/m0/s1. The first-order valence-electron chi connectivity index (χ1n) is 9.57. The summed E-state index contributed by atoms with van der Waals surface area (Å²) in [5.74, 6) is -1.34. The lowest BCUT2D eigenvalue weighted by molar-refractivity contribution is 0.488. The largest absolute Gasteiger partial charge is 0.420 e. The smallest absolute Gasteiger partial charge is 0.408 e. The van der Waals surface area contributed by atoms with Crippen molar-refractivity contribution in [1.82, 2.24) is 13.9 Å². The highest BCUT2D eigenvalue weighted by molar-refractivity contribution is 7.86. The van der Waals surface area contributed by atoms with E-state index in [-0.39, 0.29) is 10.5 Å². The number of anilines is 1. The van der Waals surface area contributed by atoms with Gasteiger partial charge in [0.2, 0.25) is 5.13 Å². The van der Waals surface area contributed by atoms with Crippen LogP contribution in [-0.4, -0.2) is 24.7 Å². The molecule has 4 rings (SSSR count). The van der Waals surface area contributed by atoms with Gasteiger partial charge in [-0.2, -0.15) is 4.37 Å². The molecular weight excluding hydrogens is 441 g/mol. The lowest BCUT2D eigenvalue weighted by Gasteiger charge is -2.17. The Morgan fingerprint density at radius 3 is 2.90 bits per heavy atom. The number of rotatable bonds is 8. The van der Waals surface area contributed by atoms with E-state index in [4.69, 9.17) is 10.2 Å². The highest BCUT2D eigenvalue weighted by Gasteiger charge is 2.22. The second kappa shape index (κ2) is 9.08. The van der Waals surface area contributed by atoms with Crippen molar-refractivity contribution < 1.29 is 13.0 Å². The predicted molar refractivity (Wildman–Crippen MR) is 118 cm³/mol. The Morgan fingerprint density at radius 1 is 1.35 bits per heavy atom. The molecule has 0 bridgehead atoms. The molecule has 0 saturated carbocycles. The van der Waals surface area contributed by atoms with Crippen LogP contribution in [-0.2, 0) is 17.4 Å². The number of fused-ring (bicyclic) bond motifs is 1. The molecule has 31 heavy (non-hydrogen) atoms. The molecule has 2 aromatic heterocycles. The highest BCUT2D eigenvalue weighted by Crippen LogP contribution is 2.28. The highest BCUT2D eigenvalue weighted by atomic mass is 32.2. The van der Waals surface area contributed by atoms with Crippen LogP contribution in [0.5, 0.6) is 0 Å². The van der Waals surface area contributed by atoms with Gasteiger partial charge in [-0.05, 0) is 37.4 Å². The summed E-state index contributed by atoms with van der Waals surface area (Å²) >= 11 is 0.997. The number of aryl methyl sites for hydroxylation is 1. The Bertz CT molecular complexity index is 1290. The third kappa shape index (κ3) is 4.29. The number of nitrogens with two attached hydrogens (primary N) is 1. The van der Waals surface area contributed by atoms with Crippen molar-refractivity contribution in [2.45, 2.75) is 30.7 Å². The van der Waals surface area contributed by atoms with Crippen molar-refractivity contribution in [3.05, 3.63) is 70.2 Å². The molecular formula is C20H20FN5O3S2. The van der Waals surface area contributed by atoms with Crippen molar-refractivity contribution in [2.24, 2.45) is 5.73 Å². The van der Waals surface area contributed by atoms with E-state index in [0.717, 1.165) is 35.5 Å². The van der Waals surface area contributed by atoms with Gasteiger partial charge in [-0.25, -0.2) is 18.4 Å². The zero-order valence-corrected chi connectivity index (χ0v) is 18.2. The first kappa shape index (κ1) is 21.3. The van der Waals surface area contributed by atoms with E-state index in [1.165, 1.54) is 23.0 Å². The Hall–Kier alpha value is -2.89. The molecule has 0 fully saturated rings. The number of hydrogen-bond donors (Lipinski definition) is 2. The van der Waals surface area contributed by atoms with Crippen molar-refractivity contribution in [1.29, 1.82) is 0 Å².